The average Bonchev–Trinajstić information content (AvgIpc) is 3.17. The Labute approximate surface area is 163 Å². The molecule has 0 saturated heterocycles. The molecule has 1 aliphatic heterocycles. The number of carbonyl (C=O) groups excluding carboxylic acids is 1. The molecule has 2 aromatic carbocycles. The standard InChI is InChI=1S/C22H22N2O4/c1-16-19(15-28-23-16)22(25)24(10-9-17-5-3-2-4-6-17)14-18-7-8-20-21(13-18)27-12-11-26-20/h2-8,13,15H,9-12,14H2,1H3. The molecule has 4 rings (SSSR count). The molecule has 3 aromatic rings. The highest BCUT2D eigenvalue weighted by molar-refractivity contribution is 5.94. The number of fused-ring (bicyclic) bond motifs is 1. The lowest BCUT2D eigenvalue weighted by molar-refractivity contribution is 0.0743. The number of amides is 1. The summed E-state index contributed by atoms with van der Waals surface area (Å²) in [6.07, 6.45) is 2.18. The summed E-state index contributed by atoms with van der Waals surface area (Å²) in [4.78, 5) is 14.9. The largest absolute Gasteiger partial charge is 0.486 e. The summed E-state index contributed by atoms with van der Waals surface area (Å²) >= 11 is 0. The Hall–Kier alpha value is -3.28. The monoisotopic (exact) mass is 378 g/mol. The lowest BCUT2D eigenvalue weighted by Crippen LogP contribution is -2.32. The zero-order chi connectivity index (χ0) is 19.3. The van der Waals surface area contributed by atoms with E-state index in [9.17, 15) is 4.79 Å². The average molecular weight is 378 g/mol. The molecule has 0 aliphatic carbocycles. The van der Waals surface area contributed by atoms with Gasteiger partial charge >= 0.3 is 0 Å². The van der Waals surface area contributed by atoms with Crippen molar-refractivity contribution in [2.45, 2.75) is 19.9 Å². The Kier molecular flexibility index (Phi) is 5.28. The fourth-order valence-corrected chi connectivity index (χ4v) is 3.24. The molecule has 0 atom stereocenters. The maximum absolute atomic E-state index is 13.1. The summed E-state index contributed by atoms with van der Waals surface area (Å²) in [6.45, 7) is 3.92. The number of nitrogens with zero attached hydrogens (tertiary/aromatic N) is 2. The number of ether oxygens (including phenoxy) is 2. The smallest absolute Gasteiger partial charge is 0.259 e. The zero-order valence-electron chi connectivity index (χ0n) is 15.8. The van der Waals surface area contributed by atoms with E-state index in [1.165, 1.54) is 11.8 Å². The van der Waals surface area contributed by atoms with Crippen LogP contribution in [0.4, 0.5) is 0 Å². The predicted molar refractivity (Wildman–Crippen MR) is 104 cm³/mol. The van der Waals surface area contributed by atoms with Crippen molar-refractivity contribution in [1.29, 1.82) is 0 Å². The molecule has 0 spiro atoms. The molecule has 144 valence electrons. The third-order valence-corrected chi connectivity index (χ3v) is 4.76. The summed E-state index contributed by atoms with van der Waals surface area (Å²) in [6, 6.07) is 15.9. The van der Waals surface area contributed by atoms with Crippen LogP contribution in [-0.4, -0.2) is 35.7 Å². The second-order valence-corrected chi connectivity index (χ2v) is 6.75. The van der Waals surface area contributed by atoms with Gasteiger partial charge in [0, 0.05) is 13.1 Å². The summed E-state index contributed by atoms with van der Waals surface area (Å²) in [5.41, 5.74) is 3.26. The van der Waals surface area contributed by atoms with Crippen molar-refractivity contribution in [1.82, 2.24) is 10.1 Å². The number of aromatic nitrogens is 1. The highest BCUT2D eigenvalue weighted by atomic mass is 16.6. The molecular weight excluding hydrogens is 356 g/mol. The lowest BCUT2D eigenvalue weighted by Gasteiger charge is -2.24. The van der Waals surface area contributed by atoms with Crippen LogP contribution in [0.3, 0.4) is 0 Å². The summed E-state index contributed by atoms with van der Waals surface area (Å²) in [5, 5.41) is 3.84. The maximum Gasteiger partial charge on any atom is 0.259 e. The molecule has 0 unspecified atom stereocenters. The van der Waals surface area contributed by atoms with Crippen LogP contribution in [0.15, 0.2) is 59.3 Å². The number of hydrogen-bond donors (Lipinski definition) is 0. The molecule has 0 radical (unpaired) electrons. The topological polar surface area (TPSA) is 64.8 Å². The molecule has 1 aromatic heterocycles. The molecular formula is C22H22N2O4. The van der Waals surface area contributed by atoms with Gasteiger partial charge in [0.2, 0.25) is 0 Å². The van der Waals surface area contributed by atoms with Gasteiger partial charge in [-0.3, -0.25) is 4.79 Å². The van der Waals surface area contributed by atoms with Crippen LogP contribution in [0.5, 0.6) is 11.5 Å². The molecule has 6 heteroatoms. The van der Waals surface area contributed by atoms with E-state index >= 15 is 0 Å². The van der Waals surface area contributed by atoms with E-state index in [0.29, 0.717) is 37.6 Å². The van der Waals surface area contributed by atoms with Gasteiger partial charge in [-0.2, -0.15) is 0 Å². The molecule has 28 heavy (non-hydrogen) atoms. The van der Waals surface area contributed by atoms with E-state index in [0.717, 1.165) is 23.5 Å². The van der Waals surface area contributed by atoms with Crippen molar-refractivity contribution < 1.29 is 18.8 Å². The van der Waals surface area contributed by atoms with Gasteiger partial charge in [-0.25, -0.2) is 0 Å². The molecule has 6 nitrogen and oxygen atoms in total. The number of rotatable bonds is 6. The Balaban J connectivity index is 1.55. The van der Waals surface area contributed by atoms with Gasteiger partial charge in [0.1, 0.15) is 25.0 Å². The molecule has 0 bridgehead atoms. The van der Waals surface area contributed by atoms with E-state index in [4.69, 9.17) is 14.0 Å². The van der Waals surface area contributed by atoms with Crippen molar-refractivity contribution >= 4 is 5.91 Å². The molecule has 1 aliphatic rings. The number of carbonyl (C=O) groups is 1. The minimum Gasteiger partial charge on any atom is -0.486 e. The Morgan fingerprint density at radius 2 is 1.82 bits per heavy atom. The summed E-state index contributed by atoms with van der Waals surface area (Å²) in [7, 11) is 0. The van der Waals surface area contributed by atoms with E-state index in [2.05, 4.69) is 17.3 Å². The van der Waals surface area contributed by atoms with Crippen LogP contribution in [0.25, 0.3) is 0 Å². The van der Waals surface area contributed by atoms with Crippen LogP contribution >= 0.6 is 0 Å². The first-order valence-corrected chi connectivity index (χ1v) is 9.33. The molecule has 0 fully saturated rings. The lowest BCUT2D eigenvalue weighted by atomic mass is 10.1. The molecule has 0 N–H and O–H groups in total. The van der Waals surface area contributed by atoms with Crippen LogP contribution in [-0.2, 0) is 13.0 Å². The number of hydrogen-bond acceptors (Lipinski definition) is 5. The van der Waals surface area contributed by atoms with Gasteiger partial charge in [0.25, 0.3) is 5.91 Å². The Morgan fingerprint density at radius 3 is 2.57 bits per heavy atom. The second-order valence-electron chi connectivity index (χ2n) is 6.75. The maximum atomic E-state index is 13.1. The quantitative estimate of drug-likeness (QED) is 0.655. The third-order valence-electron chi connectivity index (χ3n) is 4.76. The van der Waals surface area contributed by atoms with Crippen molar-refractivity contribution in [2.75, 3.05) is 19.8 Å². The predicted octanol–water partition coefficient (Wildman–Crippen LogP) is 3.64. The van der Waals surface area contributed by atoms with Crippen LogP contribution < -0.4 is 9.47 Å². The van der Waals surface area contributed by atoms with Gasteiger partial charge in [-0.15, -0.1) is 0 Å². The second kappa shape index (κ2) is 8.17. The van der Waals surface area contributed by atoms with Crippen LogP contribution in [0.1, 0.15) is 27.2 Å². The SMILES string of the molecule is Cc1nocc1C(=O)N(CCc1ccccc1)Cc1ccc2c(c1)OCCO2. The van der Waals surface area contributed by atoms with Gasteiger partial charge in [-0.05, 0) is 36.6 Å². The minimum absolute atomic E-state index is 0.0930. The van der Waals surface area contributed by atoms with Gasteiger partial charge in [-0.1, -0.05) is 41.6 Å². The van der Waals surface area contributed by atoms with Crippen molar-refractivity contribution in [3.05, 3.63) is 77.2 Å². The van der Waals surface area contributed by atoms with E-state index in [-0.39, 0.29) is 5.91 Å². The molecule has 1 amide bonds. The Morgan fingerprint density at radius 1 is 1.04 bits per heavy atom. The first kappa shape index (κ1) is 18.1. The van der Waals surface area contributed by atoms with E-state index < -0.39 is 0 Å². The van der Waals surface area contributed by atoms with E-state index in [1.54, 1.807) is 6.92 Å². The van der Waals surface area contributed by atoms with Crippen molar-refractivity contribution in [3.8, 4) is 11.5 Å². The summed E-state index contributed by atoms with van der Waals surface area (Å²) < 4.78 is 16.2. The van der Waals surface area contributed by atoms with Crippen molar-refractivity contribution in [2.24, 2.45) is 0 Å². The first-order valence-electron chi connectivity index (χ1n) is 9.33. The summed E-state index contributed by atoms with van der Waals surface area (Å²) in [5.74, 6) is 1.37. The van der Waals surface area contributed by atoms with Crippen molar-refractivity contribution in [3.63, 3.8) is 0 Å². The normalized spacial score (nSPS) is 12.6. The third kappa shape index (κ3) is 4.01. The number of aryl methyl sites for hydroxylation is 1. The van der Waals surface area contributed by atoms with Crippen LogP contribution in [0.2, 0.25) is 0 Å². The molecule has 0 saturated carbocycles. The fraction of sp³-hybridized carbons (Fsp3) is 0.273. The minimum atomic E-state index is -0.0930. The van der Waals surface area contributed by atoms with Gasteiger partial charge in [0.05, 0.1) is 5.69 Å². The van der Waals surface area contributed by atoms with Crippen LogP contribution in [0, 0.1) is 6.92 Å². The first-order chi connectivity index (χ1) is 13.7. The molecule has 2 heterocycles. The van der Waals surface area contributed by atoms with Gasteiger partial charge in [0.15, 0.2) is 11.5 Å². The van der Waals surface area contributed by atoms with Gasteiger partial charge < -0.3 is 18.9 Å². The highest BCUT2D eigenvalue weighted by Gasteiger charge is 2.21. The number of benzene rings is 2. The zero-order valence-corrected chi connectivity index (χ0v) is 15.8. The fourth-order valence-electron chi connectivity index (χ4n) is 3.24. The highest BCUT2D eigenvalue weighted by Crippen LogP contribution is 2.31. The van der Waals surface area contributed by atoms with E-state index in [1.807, 2.05) is 41.3 Å². The Bertz CT molecular complexity index is 952.